The van der Waals surface area contributed by atoms with E-state index in [0.29, 0.717) is 32.2 Å². The van der Waals surface area contributed by atoms with E-state index in [2.05, 4.69) is 14.9 Å². The Labute approximate surface area is 297 Å². The number of piperazine rings is 1. The lowest BCUT2D eigenvalue weighted by Crippen LogP contribution is -2.57. The van der Waals surface area contributed by atoms with Gasteiger partial charge in [0, 0.05) is 56.2 Å². The van der Waals surface area contributed by atoms with E-state index in [0.717, 1.165) is 30.7 Å². The Balaban J connectivity index is 1.12. The van der Waals surface area contributed by atoms with Gasteiger partial charge < -0.3 is 24.8 Å². The van der Waals surface area contributed by atoms with Gasteiger partial charge in [-0.2, -0.15) is 9.97 Å². The second-order valence-electron chi connectivity index (χ2n) is 15.4. The number of benzene rings is 1. The van der Waals surface area contributed by atoms with E-state index in [4.69, 9.17) is 15.5 Å². The molecule has 10 rings (SSSR count). The predicted octanol–water partition coefficient (Wildman–Crippen LogP) is 5.05. The van der Waals surface area contributed by atoms with Crippen LogP contribution in [0.15, 0.2) is 16.9 Å². The molecule has 0 radical (unpaired) electrons. The zero-order valence-electron chi connectivity index (χ0n) is 28.0. The van der Waals surface area contributed by atoms with Crippen molar-refractivity contribution in [1.29, 1.82) is 0 Å². The fraction of sp³-hybridized carbons (Fsp3) is 0.571. The van der Waals surface area contributed by atoms with E-state index in [-0.39, 0.29) is 81.5 Å². The maximum absolute atomic E-state index is 17.4. The van der Waals surface area contributed by atoms with Gasteiger partial charge in [-0.1, -0.05) is 11.3 Å². The molecule has 11 nitrogen and oxygen atoms in total. The van der Waals surface area contributed by atoms with Gasteiger partial charge in [-0.25, -0.2) is 26.9 Å². The number of pyridine rings is 1. The van der Waals surface area contributed by atoms with E-state index < -0.39 is 65.2 Å². The van der Waals surface area contributed by atoms with Crippen LogP contribution in [0.5, 0.6) is 6.01 Å². The Morgan fingerprint density at radius 3 is 2.44 bits per heavy atom. The Hall–Kier alpha value is -4.12. The summed E-state index contributed by atoms with van der Waals surface area (Å²) in [5.41, 5.74) is 4.79. The number of ether oxygens (including phenoxy) is 1. The Morgan fingerprint density at radius 2 is 1.73 bits per heavy atom. The molecule has 2 N–H and O–H groups in total. The van der Waals surface area contributed by atoms with Crippen LogP contribution in [0.2, 0.25) is 0 Å². The van der Waals surface area contributed by atoms with Crippen molar-refractivity contribution in [3.05, 3.63) is 34.1 Å². The summed E-state index contributed by atoms with van der Waals surface area (Å²) in [5, 5.41) is 0.0125. The first kappa shape index (κ1) is 32.5. The Bertz CT molecular complexity index is 2230. The van der Waals surface area contributed by atoms with Crippen LogP contribution in [0.4, 0.5) is 32.9 Å². The molecule has 274 valence electrons. The standard InChI is InChI=1S/C35H35F5N8O3S/c36-16-10-34(8-1-9-46(34)12-16)15-51-33-43-26-23(29(44-33)45-13-18-4-5-19(14-45)47(18)30(49)21-11-35(21,39)40)31(50)48(17-2-3-17)27(24(26)38)20-6-7-22(37)28-25(20)42-32(41)52-28/h6-7,16-19,21H,1-5,8-15H2,(H2,41,42)/t16-,18?,19?,21?,34+/m1/s1. The van der Waals surface area contributed by atoms with Gasteiger partial charge in [0.2, 0.25) is 5.91 Å². The van der Waals surface area contributed by atoms with Crippen LogP contribution >= 0.6 is 11.3 Å². The van der Waals surface area contributed by atoms with Crippen molar-refractivity contribution in [2.45, 2.75) is 87.1 Å². The molecule has 2 bridgehead atoms. The third kappa shape index (κ3) is 4.86. The highest BCUT2D eigenvalue weighted by molar-refractivity contribution is 7.22. The summed E-state index contributed by atoms with van der Waals surface area (Å²) >= 11 is 0.924. The van der Waals surface area contributed by atoms with Crippen molar-refractivity contribution in [3.63, 3.8) is 0 Å². The van der Waals surface area contributed by atoms with Crippen molar-refractivity contribution in [1.82, 2.24) is 29.3 Å². The SMILES string of the molecule is Nc1nc2c(-c3c(F)c4nc(OC[C@@]56CCCN5C[C@H](F)C6)nc(N5CC6CCC(C5)N6C(=O)C5CC5(F)F)c4c(=O)n3C3CC3)ccc(F)c2s1. The smallest absolute Gasteiger partial charge is 0.319 e. The lowest BCUT2D eigenvalue weighted by Gasteiger charge is -2.42. The highest BCUT2D eigenvalue weighted by Gasteiger charge is 2.64. The molecule has 4 saturated heterocycles. The first-order chi connectivity index (χ1) is 24.9. The zero-order valence-corrected chi connectivity index (χ0v) is 28.8. The third-order valence-corrected chi connectivity index (χ3v) is 12.9. The maximum atomic E-state index is 17.4. The third-order valence-electron chi connectivity index (χ3n) is 12.0. The molecular weight excluding hydrogens is 707 g/mol. The van der Waals surface area contributed by atoms with E-state index in [1.807, 2.05) is 4.90 Å². The highest BCUT2D eigenvalue weighted by atomic mass is 32.1. The number of rotatable bonds is 7. The number of thiazole rings is 1. The number of fused-ring (bicyclic) bond motifs is 5. The molecule has 6 fully saturated rings. The number of nitrogens with zero attached hydrogens (tertiary/aromatic N) is 7. The molecule has 3 unspecified atom stereocenters. The molecule has 0 spiro atoms. The normalized spacial score (nSPS) is 29.4. The number of hydrogen-bond donors (Lipinski definition) is 1. The van der Waals surface area contributed by atoms with Gasteiger partial charge in [0.15, 0.2) is 10.9 Å². The summed E-state index contributed by atoms with van der Waals surface area (Å²) in [6, 6.07) is 1.25. The van der Waals surface area contributed by atoms with Gasteiger partial charge in [0.05, 0.1) is 21.4 Å². The summed E-state index contributed by atoms with van der Waals surface area (Å²) in [5.74, 6) is -6.16. The Morgan fingerprint density at radius 1 is 1.00 bits per heavy atom. The molecule has 4 aromatic rings. The summed E-state index contributed by atoms with van der Waals surface area (Å²) in [6.45, 7) is 1.48. The van der Waals surface area contributed by atoms with Crippen molar-refractivity contribution >= 4 is 49.3 Å². The Kier molecular flexibility index (Phi) is 7.00. The maximum Gasteiger partial charge on any atom is 0.319 e. The number of alkyl halides is 3. The van der Waals surface area contributed by atoms with E-state index >= 15 is 4.39 Å². The van der Waals surface area contributed by atoms with Crippen LogP contribution in [-0.4, -0.2) is 97.7 Å². The number of halogens is 5. The average molecular weight is 743 g/mol. The molecule has 2 saturated carbocycles. The van der Waals surface area contributed by atoms with E-state index in [1.54, 1.807) is 4.90 Å². The minimum absolute atomic E-state index is 0.0613. The van der Waals surface area contributed by atoms with Crippen LogP contribution in [0.1, 0.15) is 57.4 Å². The summed E-state index contributed by atoms with van der Waals surface area (Å²) in [4.78, 5) is 47.0. The first-order valence-electron chi connectivity index (χ1n) is 17.9. The lowest BCUT2D eigenvalue weighted by atomic mass is 9.95. The number of carbonyl (C=O) groups excluding carboxylic acids is 1. The van der Waals surface area contributed by atoms with Crippen molar-refractivity contribution in [3.8, 4) is 17.3 Å². The molecule has 3 aromatic heterocycles. The molecule has 4 aliphatic heterocycles. The summed E-state index contributed by atoms with van der Waals surface area (Å²) in [6.07, 6.45) is 2.82. The second kappa shape index (κ2) is 11.2. The van der Waals surface area contributed by atoms with Gasteiger partial charge in [-0.3, -0.25) is 14.5 Å². The van der Waals surface area contributed by atoms with Crippen molar-refractivity contribution in [2.24, 2.45) is 5.92 Å². The number of hydrogen-bond acceptors (Lipinski definition) is 10. The van der Waals surface area contributed by atoms with Crippen molar-refractivity contribution < 1.29 is 31.5 Å². The number of carbonyl (C=O) groups is 1. The average Bonchev–Trinajstić information content (AvgIpc) is 3.87. The topological polar surface area (TPSA) is 123 Å². The fourth-order valence-electron chi connectivity index (χ4n) is 9.37. The van der Waals surface area contributed by atoms with E-state index in [9.17, 15) is 27.2 Å². The van der Waals surface area contributed by atoms with Gasteiger partial charge in [0.1, 0.15) is 41.2 Å². The quantitative estimate of drug-likeness (QED) is 0.259. The number of amides is 1. The first-order valence-corrected chi connectivity index (χ1v) is 18.7. The number of aromatic nitrogens is 4. The van der Waals surface area contributed by atoms with Gasteiger partial charge in [-0.15, -0.1) is 0 Å². The number of anilines is 2. The van der Waals surface area contributed by atoms with E-state index in [1.165, 1.54) is 16.7 Å². The van der Waals surface area contributed by atoms with Gasteiger partial charge in [-0.05, 0) is 57.2 Å². The molecule has 6 aliphatic rings. The molecule has 1 amide bonds. The van der Waals surface area contributed by atoms with Crippen LogP contribution in [0.3, 0.4) is 0 Å². The lowest BCUT2D eigenvalue weighted by molar-refractivity contribution is -0.138. The van der Waals surface area contributed by atoms with Crippen LogP contribution in [-0.2, 0) is 4.79 Å². The molecular formula is C35H35F5N8O3S. The number of nitrogens with two attached hydrogens (primary N) is 1. The predicted molar refractivity (Wildman–Crippen MR) is 182 cm³/mol. The molecule has 5 atom stereocenters. The zero-order chi connectivity index (χ0) is 35.8. The van der Waals surface area contributed by atoms with Crippen molar-refractivity contribution in [2.75, 3.05) is 43.4 Å². The molecule has 1 aromatic carbocycles. The molecule has 7 heterocycles. The fourth-order valence-corrected chi connectivity index (χ4v) is 10.1. The molecule has 17 heteroatoms. The highest BCUT2D eigenvalue weighted by Crippen LogP contribution is 2.51. The van der Waals surface area contributed by atoms with Crippen LogP contribution in [0, 0.1) is 17.6 Å². The molecule has 2 aliphatic carbocycles. The summed E-state index contributed by atoms with van der Waals surface area (Å²) in [7, 11) is 0. The second-order valence-corrected chi connectivity index (χ2v) is 16.4. The minimum atomic E-state index is -3.00. The van der Waals surface area contributed by atoms with Gasteiger partial charge >= 0.3 is 6.01 Å². The van der Waals surface area contributed by atoms with Crippen LogP contribution in [0.25, 0.3) is 32.4 Å². The largest absolute Gasteiger partial charge is 0.461 e. The monoisotopic (exact) mass is 742 g/mol. The van der Waals surface area contributed by atoms with Crippen LogP contribution < -0.4 is 20.9 Å². The summed E-state index contributed by atoms with van der Waals surface area (Å²) < 4.78 is 82.6. The minimum Gasteiger partial charge on any atom is -0.461 e. The van der Waals surface area contributed by atoms with Gasteiger partial charge in [0.25, 0.3) is 11.5 Å². The number of nitrogen functional groups attached to an aromatic ring is 1. The molecule has 52 heavy (non-hydrogen) atoms.